The SMILES string of the molecule is CC(=O)O[C@H]1[C@@H](O)[C@H](OC(C)=O)C(C)C[C@@H]1Oc1c(-c2ccc(O)cc2)oc2cc(O)cc(O)c2c1=O. The van der Waals surface area contributed by atoms with Crippen LogP contribution in [0.25, 0.3) is 22.3 Å². The Morgan fingerprint density at radius 2 is 1.57 bits per heavy atom. The lowest BCUT2D eigenvalue weighted by molar-refractivity contribution is -0.196. The Balaban J connectivity index is 1.86. The van der Waals surface area contributed by atoms with E-state index in [4.69, 9.17) is 18.6 Å². The van der Waals surface area contributed by atoms with Crippen LogP contribution in [0.4, 0.5) is 0 Å². The van der Waals surface area contributed by atoms with E-state index in [1.54, 1.807) is 6.92 Å². The largest absolute Gasteiger partial charge is 0.508 e. The van der Waals surface area contributed by atoms with Gasteiger partial charge in [0.2, 0.25) is 11.2 Å². The number of aromatic hydroxyl groups is 3. The highest BCUT2D eigenvalue weighted by molar-refractivity contribution is 5.88. The van der Waals surface area contributed by atoms with Crippen molar-refractivity contribution in [2.45, 2.75) is 51.6 Å². The molecule has 3 aromatic rings. The van der Waals surface area contributed by atoms with Crippen LogP contribution in [0.3, 0.4) is 0 Å². The number of esters is 2. The summed E-state index contributed by atoms with van der Waals surface area (Å²) < 4.78 is 22.5. The number of aliphatic hydroxyl groups excluding tert-OH is 1. The van der Waals surface area contributed by atoms with E-state index in [9.17, 15) is 34.8 Å². The number of hydrogen-bond donors (Lipinski definition) is 4. The molecule has 1 unspecified atom stereocenters. The minimum absolute atomic E-state index is 0.0414. The molecule has 1 aliphatic rings. The molecule has 2 aromatic carbocycles. The number of benzene rings is 2. The third-order valence-electron chi connectivity index (χ3n) is 6.13. The maximum absolute atomic E-state index is 13.6. The highest BCUT2D eigenvalue weighted by Crippen LogP contribution is 2.39. The van der Waals surface area contributed by atoms with Gasteiger partial charge in [0, 0.05) is 31.5 Å². The molecule has 1 aromatic heterocycles. The van der Waals surface area contributed by atoms with E-state index in [-0.39, 0.29) is 40.4 Å². The summed E-state index contributed by atoms with van der Waals surface area (Å²) in [5, 5.41) is 40.6. The number of phenolic OH excluding ortho intramolecular Hbond substituents is 3. The Kier molecular flexibility index (Phi) is 6.99. The smallest absolute Gasteiger partial charge is 0.303 e. The number of fused-ring (bicyclic) bond motifs is 1. The standard InChI is InChI=1S/C26H26O11/c1-11-8-19(25(35-13(3)28)22(33)23(11)34-12(2)27)37-26-21(32)20-17(31)9-16(30)10-18(20)36-24(26)14-4-6-15(29)7-5-14/h4-7,9-11,19,22-23,25,29-31,33H,8H2,1-3H3/t11?,19-,22-,23+,25+/m0/s1. The topological polar surface area (TPSA) is 173 Å². The second kappa shape index (κ2) is 10.0. The first-order valence-electron chi connectivity index (χ1n) is 11.5. The number of carbonyl (C=O) groups excluding carboxylic acids is 2. The van der Waals surface area contributed by atoms with Gasteiger partial charge in [-0.2, -0.15) is 0 Å². The molecule has 4 rings (SSSR count). The van der Waals surface area contributed by atoms with Crippen molar-refractivity contribution in [3.05, 3.63) is 46.6 Å². The quantitative estimate of drug-likeness (QED) is 0.369. The summed E-state index contributed by atoms with van der Waals surface area (Å²) in [6.07, 6.45) is -4.72. The Morgan fingerprint density at radius 1 is 0.946 bits per heavy atom. The molecule has 1 saturated carbocycles. The van der Waals surface area contributed by atoms with E-state index in [0.29, 0.717) is 5.56 Å². The fourth-order valence-electron chi connectivity index (χ4n) is 4.54. The van der Waals surface area contributed by atoms with Crippen molar-refractivity contribution in [3.63, 3.8) is 0 Å². The van der Waals surface area contributed by atoms with Gasteiger partial charge < -0.3 is 39.1 Å². The average Bonchev–Trinajstić information content (AvgIpc) is 2.80. The molecule has 0 amide bonds. The van der Waals surface area contributed by atoms with Gasteiger partial charge in [-0.3, -0.25) is 14.4 Å². The molecule has 0 spiro atoms. The van der Waals surface area contributed by atoms with Crippen LogP contribution in [0.1, 0.15) is 27.2 Å². The summed E-state index contributed by atoms with van der Waals surface area (Å²) in [6, 6.07) is 7.78. The number of aliphatic hydroxyl groups is 1. The van der Waals surface area contributed by atoms with Crippen LogP contribution in [0.15, 0.2) is 45.6 Å². The van der Waals surface area contributed by atoms with Crippen molar-refractivity contribution < 1.29 is 48.6 Å². The molecule has 37 heavy (non-hydrogen) atoms. The summed E-state index contributed by atoms with van der Waals surface area (Å²) in [7, 11) is 0. The number of hydrogen-bond acceptors (Lipinski definition) is 11. The first-order chi connectivity index (χ1) is 17.5. The lowest BCUT2D eigenvalue weighted by Gasteiger charge is -2.42. The maximum atomic E-state index is 13.6. The third kappa shape index (κ3) is 5.17. The Bertz CT molecular complexity index is 1390. The van der Waals surface area contributed by atoms with Gasteiger partial charge in [-0.25, -0.2) is 0 Å². The second-order valence-electron chi connectivity index (χ2n) is 8.98. The van der Waals surface area contributed by atoms with Crippen LogP contribution in [0.5, 0.6) is 23.0 Å². The van der Waals surface area contributed by atoms with Crippen molar-refractivity contribution in [1.29, 1.82) is 0 Å². The highest BCUT2D eigenvalue weighted by atomic mass is 16.6. The lowest BCUT2D eigenvalue weighted by atomic mass is 9.81. The van der Waals surface area contributed by atoms with Crippen LogP contribution in [-0.2, 0) is 19.1 Å². The highest BCUT2D eigenvalue weighted by Gasteiger charge is 2.48. The van der Waals surface area contributed by atoms with Crippen molar-refractivity contribution in [2.75, 3.05) is 0 Å². The molecule has 0 bridgehead atoms. The first kappa shape index (κ1) is 25.8. The minimum atomic E-state index is -1.46. The van der Waals surface area contributed by atoms with E-state index in [2.05, 4.69) is 0 Å². The van der Waals surface area contributed by atoms with Crippen LogP contribution in [0.2, 0.25) is 0 Å². The molecular weight excluding hydrogens is 488 g/mol. The summed E-state index contributed by atoms with van der Waals surface area (Å²) >= 11 is 0. The van der Waals surface area contributed by atoms with E-state index in [0.717, 1.165) is 19.1 Å². The zero-order valence-electron chi connectivity index (χ0n) is 20.2. The third-order valence-corrected chi connectivity index (χ3v) is 6.13. The van der Waals surface area contributed by atoms with E-state index >= 15 is 0 Å². The molecular formula is C26H26O11. The summed E-state index contributed by atoms with van der Waals surface area (Å²) in [6.45, 7) is 4.03. The molecule has 11 heteroatoms. The van der Waals surface area contributed by atoms with Crippen molar-refractivity contribution in [2.24, 2.45) is 5.92 Å². The second-order valence-corrected chi connectivity index (χ2v) is 8.98. The maximum Gasteiger partial charge on any atom is 0.303 e. The molecule has 1 fully saturated rings. The predicted molar refractivity (Wildman–Crippen MR) is 128 cm³/mol. The molecule has 0 radical (unpaired) electrons. The van der Waals surface area contributed by atoms with Gasteiger partial charge in [-0.05, 0) is 36.6 Å². The molecule has 0 aliphatic heterocycles. The normalized spacial score (nSPS) is 23.4. The molecule has 1 aliphatic carbocycles. The van der Waals surface area contributed by atoms with Crippen LogP contribution in [-0.4, -0.2) is 56.8 Å². The fraction of sp³-hybridized carbons (Fsp3) is 0.346. The van der Waals surface area contributed by atoms with Gasteiger partial charge >= 0.3 is 11.9 Å². The van der Waals surface area contributed by atoms with Gasteiger partial charge in [0.1, 0.15) is 46.5 Å². The fourth-order valence-corrected chi connectivity index (χ4v) is 4.54. The molecule has 11 nitrogen and oxygen atoms in total. The van der Waals surface area contributed by atoms with Gasteiger partial charge in [0.15, 0.2) is 11.9 Å². The molecule has 5 atom stereocenters. The Hall–Kier alpha value is -4.25. The molecule has 4 N–H and O–H groups in total. The van der Waals surface area contributed by atoms with Crippen LogP contribution < -0.4 is 10.2 Å². The molecule has 196 valence electrons. The Labute approximate surface area is 210 Å². The number of phenols is 3. The van der Waals surface area contributed by atoms with Gasteiger partial charge in [0.25, 0.3) is 0 Å². The summed E-state index contributed by atoms with van der Waals surface area (Å²) in [4.78, 5) is 37.0. The van der Waals surface area contributed by atoms with Gasteiger partial charge in [-0.1, -0.05) is 6.92 Å². The Morgan fingerprint density at radius 3 is 2.19 bits per heavy atom. The lowest BCUT2D eigenvalue weighted by Crippen LogP contribution is -2.57. The van der Waals surface area contributed by atoms with Crippen molar-refractivity contribution in [3.8, 4) is 34.3 Å². The number of rotatable bonds is 5. The summed E-state index contributed by atoms with van der Waals surface area (Å²) in [5.74, 6) is -3.18. The van der Waals surface area contributed by atoms with Crippen LogP contribution >= 0.6 is 0 Å². The van der Waals surface area contributed by atoms with Crippen molar-refractivity contribution >= 4 is 22.9 Å². The predicted octanol–water partition coefficient (Wildman–Crippen LogP) is 2.59. The zero-order chi connectivity index (χ0) is 27.0. The summed E-state index contributed by atoms with van der Waals surface area (Å²) in [5.41, 5.74) is -0.588. The number of carbonyl (C=O) groups is 2. The van der Waals surface area contributed by atoms with E-state index < -0.39 is 53.5 Å². The first-order valence-corrected chi connectivity index (χ1v) is 11.5. The van der Waals surface area contributed by atoms with Crippen LogP contribution in [0, 0.1) is 5.92 Å². The molecule has 1 heterocycles. The number of ether oxygens (including phenoxy) is 3. The van der Waals surface area contributed by atoms with E-state index in [1.165, 1.54) is 31.2 Å². The van der Waals surface area contributed by atoms with Crippen molar-refractivity contribution in [1.82, 2.24) is 0 Å². The van der Waals surface area contributed by atoms with E-state index in [1.807, 2.05) is 0 Å². The average molecular weight is 514 g/mol. The monoisotopic (exact) mass is 514 g/mol. The minimum Gasteiger partial charge on any atom is -0.508 e. The van der Waals surface area contributed by atoms with Gasteiger partial charge in [-0.15, -0.1) is 0 Å². The molecule has 0 saturated heterocycles. The zero-order valence-corrected chi connectivity index (χ0v) is 20.2. The van der Waals surface area contributed by atoms with Gasteiger partial charge in [0.05, 0.1) is 0 Å².